The smallest absolute Gasteiger partial charge is 0.323 e. The van der Waals surface area contributed by atoms with Crippen molar-refractivity contribution in [2.75, 3.05) is 18.4 Å². The monoisotopic (exact) mass is 309 g/mol. The fourth-order valence-corrected chi connectivity index (χ4v) is 2.28. The first-order valence-electron chi connectivity index (χ1n) is 6.56. The van der Waals surface area contributed by atoms with Gasteiger partial charge in [-0.3, -0.25) is 10.1 Å². The van der Waals surface area contributed by atoms with Crippen LogP contribution in [0.4, 0.5) is 10.6 Å². The molecule has 112 valence electrons. The number of nitrogens with one attached hydrogen (secondary N) is 2. The molecule has 0 spiro atoms. The van der Waals surface area contributed by atoms with Crippen LogP contribution >= 0.6 is 11.6 Å². The van der Waals surface area contributed by atoms with Crippen LogP contribution in [0.25, 0.3) is 0 Å². The third-order valence-corrected chi connectivity index (χ3v) is 3.28. The molecule has 1 aliphatic heterocycles. The van der Waals surface area contributed by atoms with Crippen molar-refractivity contribution in [2.45, 2.75) is 18.9 Å². The predicted molar refractivity (Wildman–Crippen MR) is 79.0 cm³/mol. The maximum absolute atomic E-state index is 12.2. The Balaban J connectivity index is 1.92. The minimum Gasteiger partial charge on any atom is -0.348 e. The number of aromatic nitrogens is 2. The third-order valence-electron chi connectivity index (χ3n) is 3.10. The molecule has 8 heteroatoms. The van der Waals surface area contributed by atoms with Gasteiger partial charge < -0.3 is 10.2 Å². The van der Waals surface area contributed by atoms with Crippen LogP contribution in [0.15, 0.2) is 24.9 Å². The van der Waals surface area contributed by atoms with Gasteiger partial charge in [0.15, 0.2) is 0 Å². The first kappa shape index (κ1) is 15.2. The van der Waals surface area contributed by atoms with E-state index >= 15 is 0 Å². The van der Waals surface area contributed by atoms with Crippen LogP contribution in [-0.4, -0.2) is 45.9 Å². The Morgan fingerprint density at radius 1 is 1.52 bits per heavy atom. The van der Waals surface area contributed by atoms with E-state index in [1.54, 1.807) is 11.0 Å². The lowest BCUT2D eigenvalue weighted by atomic mass is 10.1. The molecule has 2 N–H and O–H groups in total. The second kappa shape index (κ2) is 7.03. The number of hydrogen-bond donors (Lipinski definition) is 2. The van der Waals surface area contributed by atoms with E-state index in [0.29, 0.717) is 18.9 Å². The summed E-state index contributed by atoms with van der Waals surface area (Å²) in [7, 11) is 0. The van der Waals surface area contributed by atoms with Gasteiger partial charge in [-0.1, -0.05) is 6.58 Å². The molecule has 3 amide bonds. The second-order valence-electron chi connectivity index (χ2n) is 4.64. The highest BCUT2D eigenvalue weighted by Gasteiger charge is 2.24. The van der Waals surface area contributed by atoms with Gasteiger partial charge in [0.2, 0.25) is 11.2 Å². The van der Waals surface area contributed by atoms with Gasteiger partial charge in [0.1, 0.15) is 5.82 Å². The molecule has 0 radical (unpaired) electrons. The van der Waals surface area contributed by atoms with Crippen molar-refractivity contribution >= 4 is 29.4 Å². The fourth-order valence-electron chi connectivity index (χ4n) is 2.13. The number of anilines is 1. The lowest BCUT2D eigenvalue weighted by Gasteiger charge is -2.32. The molecule has 0 aromatic carbocycles. The Morgan fingerprint density at radius 2 is 2.33 bits per heavy atom. The van der Waals surface area contributed by atoms with Gasteiger partial charge >= 0.3 is 6.03 Å². The molecule has 2 heterocycles. The van der Waals surface area contributed by atoms with Crippen molar-refractivity contribution in [1.82, 2.24) is 20.2 Å². The maximum atomic E-state index is 12.2. The predicted octanol–water partition coefficient (Wildman–Crippen LogP) is 1.43. The Bertz CT molecular complexity index is 551. The molecule has 0 aliphatic carbocycles. The van der Waals surface area contributed by atoms with E-state index < -0.39 is 0 Å². The lowest BCUT2D eigenvalue weighted by Crippen LogP contribution is -2.50. The quantitative estimate of drug-likeness (QED) is 0.653. The number of urea groups is 1. The van der Waals surface area contributed by atoms with Crippen LogP contribution in [0, 0.1) is 0 Å². The standard InChI is InChI=1S/C13H16ClN5O2/c1-2-11(20)16-9-4-3-7-19(8-9)13(21)18-10-5-6-15-12(14)17-10/h2,5-6,9H,1,3-4,7-8H2,(H,16,20)(H,15,17,18,21). The normalized spacial score (nSPS) is 18.0. The van der Waals surface area contributed by atoms with Crippen molar-refractivity contribution in [2.24, 2.45) is 0 Å². The number of hydrogen-bond acceptors (Lipinski definition) is 4. The Hall–Kier alpha value is -2.15. The molecule has 7 nitrogen and oxygen atoms in total. The van der Waals surface area contributed by atoms with Gasteiger partial charge in [-0.15, -0.1) is 0 Å². The highest BCUT2D eigenvalue weighted by molar-refractivity contribution is 6.28. The number of rotatable bonds is 3. The van der Waals surface area contributed by atoms with Gasteiger partial charge in [-0.05, 0) is 36.6 Å². The molecule has 2 rings (SSSR count). The zero-order valence-corrected chi connectivity index (χ0v) is 12.1. The number of piperidine rings is 1. The van der Waals surface area contributed by atoms with Gasteiger partial charge in [0, 0.05) is 25.3 Å². The molecule has 0 saturated carbocycles. The molecular formula is C13H16ClN5O2. The van der Waals surface area contributed by atoms with Crippen molar-refractivity contribution in [3.63, 3.8) is 0 Å². The summed E-state index contributed by atoms with van der Waals surface area (Å²) in [5.41, 5.74) is 0. The topological polar surface area (TPSA) is 87.2 Å². The van der Waals surface area contributed by atoms with E-state index in [1.165, 1.54) is 12.3 Å². The van der Waals surface area contributed by atoms with E-state index in [1.807, 2.05) is 0 Å². The largest absolute Gasteiger partial charge is 0.348 e. The SMILES string of the molecule is C=CC(=O)NC1CCCN(C(=O)Nc2ccnc(Cl)n2)C1. The van der Waals surface area contributed by atoms with Gasteiger partial charge in [-0.2, -0.15) is 0 Å². The van der Waals surface area contributed by atoms with Crippen LogP contribution in [0.5, 0.6) is 0 Å². The van der Waals surface area contributed by atoms with Crippen LogP contribution in [0.1, 0.15) is 12.8 Å². The summed E-state index contributed by atoms with van der Waals surface area (Å²) < 4.78 is 0. The van der Waals surface area contributed by atoms with Crippen LogP contribution in [0.2, 0.25) is 5.28 Å². The van der Waals surface area contributed by atoms with Gasteiger partial charge in [-0.25, -0.2) is 14.8 Å². The minimum atomic E-state index is -0.276. The van der Waals surface area contributed by atoms with E-state index in [9.17, 15) is 9.59 Å². The van der Waals surface area contributed by atoms with E-state index in [0.717, 1.165) is 12.8 Å². The second-order valence-corrected chi connectivity index (χ2v) is 4.98. The van der Waals surface area contributed by atoms with E-state index in [-0.39, 0.29) is 23.3 Å². The summed E-state index contributed by atoms with van der Waals surface area (Å²) in [4.78, 5) is 32.7. The average Bonchev–Trinajstić information content (AvgIpc) is 2.47. The molecule has 1 fully saturated rings. The summed E-state index contributed by atoms with van der Waals surface area (Å²) in [6.07, 6.45) is 4.35. The molecule has 1 saturated heterocycles. The highest BCUT2D eigenvalue weighted by Crippen LogP contribution is 2.13. The summed E-state index contributed by atoms with van der Waals surface area (Å²) in [6.45, 7) is 4.49. The summed E-state index contributed by atoms with van der Waals surface area (Å²) in [5.74, 6) is 0.113. The van der Waals surface area contributed by atoms with Crippen LogP contribution in [-0.2, 0) is 4.79 Å². The van der Waals surface area contributed by atoms with Crippen molar-refractivity contribution in [3.8, 4) is 0 Å². The first-order valence-corrected chi connectivity index (χ1v) is 6.93. The van der Waals surface area contributed by atoms with E-state index in [4.69, 9.17) is 11.6 Å². The summed E-state index contributed by atoms with van der Waals surface area (Å²) in [6, 6.07) is 1.22. The third kappa shape index (κ3) is 4.42. The number of halogens is 1. The molecule has 21 heavy (non-hydrogen) atoms. The molecule has 1 unspecified atom stereocenters. The Labute approximate surface area is 127 Å². The number of likely N-dealkylation sites (tertiary alicyclic amines) is 1. The number of carbonyl (C=O) groups is 2. The lowest BCUT2D eigenvalue weighted by molar-refractivity contribution is -0.117. The van der Waals surface area contributed by atoms with Crippen molar-refractivity contribution < 1.29 is 9.59 Å². The van der Waals surface area contributed by atoms with Crippen LogP contribution in [0.3, 0.4) is 0 Å². The average molecular weight is 310 g/mol. The molecule has 0 bridgehead atoms. The summed E-state index contributed by atoms with van der Waals surface area (Å²) in [5, 5.41) is 5.53. The zero-order valence-electron chi connectivity index (χ0n) is 11.4. The van der Waals surface area contributed by atoms with Gasteiger partial charge in [0.05, 0.1) is 0 Å². The molecule has 1 atom stereocenters. The van der Waals surface area contributed by atoms with Crippen molar-refractivity contribution in [3.05, 3.63) is 30.2 Å². The summed E-state index contributed by atoms with van der Waals surface area (Å²) >= 11 is 5.67. The number of amides is 3. The van der Waals surface area contributed by atoms with E-state index in [2.05, 4.69) is 27.2 Å². The van der Waals surface area contributed by atoms with Crippen LogP contribution < -0.4 is 10.6 Å². The zero-order chi connectivity index (χ0) is 15.2. The molecule has 1 aromatic rings. The highest BCUT2D eigenvalue weighted by atomic mass is 35.5. The number of carbonyl (C=O) groups excluding carboxylic acids is 2. The Morgan fingerprint density at radius 3 is 3.05 bits per heavy atom. The fraction of sp³-hybridized carbons (Fsp3) is 0.385. The van der Waals surface area contributed by atoms with Gasteiger partial charge in [0.25, 0.3) is 0 Å². The minimum absolute atomic E-state index is 0.0658. The van der Waals surface area contributed by atoms with Crippen molar-refractivity contribution in [1.29, 1.82) is 0 Å². The maximum Gasteiger partial charge on any atom is 0.323 e. The molecular weight excluding hydrogens is 294 g/mol. The Kier molecular flexibility index (Phi) is 5.10. The molecule has 1 aromatic heterocycles. The number of nitrogens with zero attached hydrogens (tertiary/aromatic N) is 3. The molecule has 1 aliphatic rings. The first-order chi connectivity index (χ1) is 10.1.